The van der Waals surface area contributed by atoms with Gasteiger partial charge in [0.05, 0.1) is 0 Å². The Kier molecular flexibility index (Phi) is 5.69. The highest BCUT2D eigenvalue weighted by atomic mass is 14.9. The lowest BCUT2D eigenvalue weighted by molar-refractivity contribution is 0.299. The van der Waals surface area contributed by atoms with Crippen LogP contribution in [0.1, 0.15) is 44.1 Å². The van der Waals surface area contributed by atoms with Crippen LogP contribution in [0.5, 0.6) is 0 Å². The first kappa shape index (κ1) is 13.6. The van der Waals surface area contributed by atoms with Crippen LogP contribution in [-0.2, 0) is 6.54 Å². The van der Waals surface area contributed by atoms with Crippen LogP contribution in [0.15, 0.2) is 30.3 Å². The Morgan fingerprint density at radius 1 is 1.11 bits per heavy atom. The van der Waals surface area contributed by atoms with Gasteiger partial charge in [-0.25, -0.2) is 0 Å². The van der Waals surface area contributed by atoms with Gasteiger partial charge in [0.15, 0.2) is 0 Å². The van der Waals surface area contributed by atoms with Gasteiger partial charge in [0.25, 0.3) is 0 Å². The molecule has 2 nitrogen and oxygen atoms in total. The van der Waals surface area contributed by atoms with E-state index < -0.39 is 0 Å². The van der Waals surface area contributed by atoms with Gasteiger partial charge in [-0.1, -0.05) is 62.4 Å². The molecule has 0 aliphatic heterocycles. The van der Waals surface area contributed by atoms with E-state index in [2.05, 4.69) is 35.6 Å². The van der Waals surface area contributed by atoms with Gasteiger partial charge < -0.3 is 11.1 Å². The molecule has 18 heavy (non-hydrogen) atoms. The summed E-state index contributed by atoms with van der Waals surface area (Å²) in [6.45, 7) is 1.69. The van der Waals surface area contributed by atoms with Gasteiger partial charge in [0.1, 0.15) is 0 Å². The maximum atomic E-state index is 5.89. The lowest BCUT2D eigenvalue weighted by atomic mass is 9.85. The molecule has 0 aromatic heterocycles. The van der Waals surface area contributed by atoms with E-state index in [-0.39, 0.29) is 0 Å². The van der Waals surface area contributed by atoms with Crippen molar-refractivity contribution in [3.05, 3.63) is 35.9 Å². The molecule has 0 radical (unpaired) electrons. The summed E-state index contributed by atoms with van der Waals surface area (Å²) in [5.74, 6) is 0.899. The predicted octanol–water partition coefficient (Wildman–Crippen LogP) is 3.07. The Morgan fingerprint density at radius 3 is 2.50 bits per heavy atom. The highest BCUT2D eigenvalue weighted by molar-refractivity contribution is 5.14. The Balaban J connectivity index is 1.74. The van der Waals surface area contributed by atoms with Crippen molar-refractivity contribution < 1.29 is 0 Å². The summed E-state index contributed by atoms with van der Waals surface area (Å²) in [5, 5.41) is 3.61. The summed E-state index contributed by atoms with van der Waals surface area (Å²) in [4.78, 5) is 0. The highest BCUT2D eigenvalue weighted by Gasteiger charge is 2.17. The highest BCUT2D eigenvalue weighted by Crippen LogP contribution is 2.27. The number of rotatable bonds is 6. The second kappa shape index (κ2) is 7.55. The zero-order chi connectivity index (χ0) is 12.6. The van der Waals surface area contributed by atoms with Crippen LogP contribution in [-0.4, -0.2) is 12.6 Å². The van der Waals surface area contributed by atoms with E-state index in [1.54, 1.807) is 0 Å². The molecule has 0 bridgehead atoms. The van der Waals surface area contributed by atoms with E-state index in [9.17, 15) is 0 Å². The van der Waals surface area contributed by atoms with Crippen LogP contribution in [0.25, 0.3) is 0 Å². The molecule has 1 aromatic carbocycles. The van der Waals surface area contributed by atoms with Crippen molar-refractivity contribution in [2.75, 3.05) is 6.54 Å². The van der Waals surface area contributed by atoms with Crippen molar-refractivity contribution in [2.45, 2.75) is 51.1 Å². The van der Waals surface area contributed by atoms with Crippen molar-refractivity contribution in [1.82, 2.24) is 5.32 Å². The van der Waals surface area contributed by atoms with Crippen molar-refractivity contribution in [3.63, 3.8) is 0 Å². The SMILES string of the molecule is NCC(CC1CCCCC1)NCc1ccccc1. The molecule has 1 aliphatic rings. The first-order chi connectivity index (χ1) is 8.88. The van der Waals surface area contributed by atoms with Gasteiger partial charge >= 0.3 is 0 Å². The first-order valence-corrected chi connectivity index (χ1v) is 7.36. The minimum absolute atomic E-state index is 0.480. The number of hydrogen-bond acceptors (Lipinski definition) is 2. The number of nitrogens with one attached hydrogen (secondary N) is 1. The van der Waals surface area contributed by atoms with Gasteiger partial charge in [-0.3, -0.25) is 0 Å². The molecular formula is C16H26N2. The maximum Gasteiger partial charge on any atom is 0.0208 e. The van der Waals surface area contributed by atoms with E-state index in [0.717, 1.165) is 19.0 Å². The minimum atomic E-state index is 0.480. The second-order valence-corrected chi connectivity index (χ2v) is 5.54. The Labute approximate surface area is 111 Å². The lowest BCUT2D eigenvalue weighted by Crippen LogP contribution is -2.37. The molecule has 1 saturated carbocycles. The first-order valence-electron chi connectivity index (χ1n) is 7.36. The average Bonchev–Trinajstić information content (AvgIpc) is 2.45. The van der Waals surface area contributed by atoms with Crippen molar-refractivity contribution >= 4 is 0 Å². The van der Waals surface area contributed by atoms with E-state index in [1.807, 2.05) is 0 Å². The Bertz CT molecular complexity index is 317. The molecule has 2 rings (SSSR count). The molecule has 1 fully saturated rings. The zero-order valence-corrected chi connectivity index (χ0v) is 11.3. The quantitative estimate of drug-likeness (QED) is 0.809. The monoisotopic (exact) mass is 246 g/mol. The van der Waals surface area contributed by atoms with Crippen LogP contribution < -0.4 is 11.1 Å². The number of benzene rings is 1. The molecule has 1 aromatic rings. The molecule has 1 unspecified atom stereocenters. The van der Waals surface area contributed by atoms with Gasteiger partial charge in [-0.2, -0.15) is 0 Å². The summed E-state index contributed by atoms with van der Waals surface area (Å²) in [6.07, 6.45) is 8.33. The Morgan fingerprint density at radius 2 is 1.83 bits per heavy atom. The van der Waals surface area contributed by atoms with Crippen LogP contribution in [0.4, 0.5) is 0 Å². The number of hydrogen-bond donors (Lipinski definition) is 2. The summed E-state index contributed by atoms with van der Waals surface area (Å²) < 4.78 is 0. The molecule has 0 heterocycles. The molecule has 2 heteroatoms. The fourth-order valence-electron chi connectivity index (χ4n) is 2.95. The lowest BCUT2D eigenvalue weighted by Gasteiger charge is -2.26. The van der Waals surface area contributed by atoms with Crippen LogP contribution in [0.2, 0.25) is 0 Å². The molecule has 1 aliphatic carbocycles. The fourth-order valence-corrected chi connectivity index (χ4v) is 2.95. The summed E-state index contributed by atoms with van der Waals surface area (Å²) in [7, 11) is 0. The third-order valence-electron chi connectivity index (χ3n) is 4.06. The fraction of sp³-hybridized carbons (Fsp3) is 0.625. The standard InChI is InChI=1S/C16H26N2/c17-12-16(11-14-7-3-1-4-8-14)18-13-15-9-5-2-6-10-15/h2,5-6,9-10,14,16,18H,1,3-4,7-8,11-13,17H2. The summed E-state index contributed by atoms with van der Waals surface area (Å²) >= 11 is 0. The summed E-state index contributed by atoms with van der Waals surface area (Å²) in [5.41, 5.74) is 7.24. The molecular weight excluding hydrogens is 220 g/mol. The Hall–Kier alpha value is -0.860. The van der Waals surface area contributed by atoms with Crippen LogP contribution >= 0.6 is 0 Å². The second-order valence-electron chi connectivity index (χ2n) is 5.54. The van der Waals surface area contributed by atoms with Gasteiger partial charge in [0.2, 0.25) is 0 Å². The normalized spacial score (nSPS) is 18.7. The summed E-state index contributed by atoms with van der Waals surface area (Å²) in [6, 6.07) is 11.1. The third-order valence-corrected chi connectivity index (χ3v) is 4.06. The van der Waals surface area contributed by atoms with Crippen molar-refractivity contribution in [1.29, 1.82) is 0 Å². The van der Waals surface area contributed by atoms with Crippen LogP contribution in [0.3, 0.4) is 0 Å². The van der Waals surface area contributed by atoms with Gasteiger partial charge in [-0.05, 0) is 17.9 Å². The molecule has 0 amide bonds. The van der Waals surface area contributed by atoms with E-state index in [1.165, 1.54) is 44.1 Å². The predicted molar refractivity (Wildman–Crippen MR) is 77.3 cm³/mol. The molecule has 100 valence electrons. The van der Waals surface area contributed by atoms with Crippen LogP contribution in [0, 0.1) is 5.92 Å². The molecule has 3 N–H and O–H groups in total. The maximum absolute atomic E-state index is 5.89. The minimum Gasteiger partial charge on any atom is -0.329 e. The van der Waals surface area contributed by atoms with E-state index >= 15 is 0 Å². The molecule has 0 spiro atoms. The average molecular weight is 246 g/mol. The zero-order valence-electron chi connectivity index (χ0n) is 11.3. The van der Waals surface area contributed by atoms with Crippen molar-refractivity contribution in [2.24, 2.45) is 11.7 Å². The van der Waals surface area contributed by atoms with Gasteiger partial charge in [0, 0.05) is 19.1 Å². The van der Waals surface area contributed by atoms with Crippen molar-refractivity contribution in [3.8, 4) is 0 Å². The largest absolute Gasteiger partial charge is 0.329 e. The van der Waals surface area contributed by atoms with E-state index in [4.69, 9.17) is 5.73 Å². The topological polar surface area (TPSA) is 38.0 Å². The van der Waals surface area contributed by atoms with E-state index in [0.29, 0.717) is 6.04 Å². The number of nitrogens with two attached hydrogens (primary N) is 1. The molecule has 1 atom stereocenters. The van der Waals surface area contributed by atoms with Gasteiger partial charge in [-0.15, -0.1) is 0 Å². The third kappa shape index (κ3) is 4.43. The molecule has 0 saturated heterocycles. The smallest absolute Gasteiger partial charge is 0.0208 e.